The van der Waals surface area contributed by atoms with E-state index in [4.69, 9.17) is 11.6 Å². The van der Waals surface area contributed by atoms with E-state index in [2.05, 4.69) is 5.32 Å². The molecule has 2 rings (SSSR count). The Morgan fingerprint density at radius 1 is 1.00 bits per heavy atom. The quantitative estimate of drug-likeness (QED) is 0.843. The minimum atomic E-state index is -4.98. The molecule has 0 unspecified atom stereocenters. The highest BCUT2D eigenvalue weighted by Gasteiger charge is 2.38. The van der Waals surface area contributed by atoms with E-state index in [0.29, 0.717) is 10.6 Å². The zero-order valence-corrected chi connectivity index (χ0v) is 13.6. The maximum Gasteiger partial charge on any atom is 0.471 e. The van der Waals surface area contributed by atoms with Gasteiger partial charge in [-0.2, -0.15) is 13.2 Å². The molecule has 0 atom stereocenters. The van der Waals surface area contributed by atoms with E-state index in [0.717, 1.165) is 5.56 Å². The smallest absolute Gasteiger partial charge is 0.352 e. The monoisotopic (exact) mass is 370 g/mol. The number of hydrogen-bond acceptors (Lipinski definition) is 2. The van der Waals surface area contributed by atoms with Crippen LogP contribution in [0.4, 0.5) is 18.9 Å². The number of amides is 2. The summed E-state index contributed by atoms with van der Waals surface area (Å²) in [5, 5.41) is 4.96. The standard InChI is InChI=1S/C17H14ClF3N2O2/c18-13-7-5-11(6-8-13)9-15(24)22-10-12-3-1-2-4-14(12)23-16(25)17(19,20)21/h1-8H,9-10H2,(H,22,24)(H,23,25). The Bertz CT molecular complexity index is 761. The summed E-state index contributed by atoms with van der Waals surface area (Å²) >= 11 is 5.77. The van der Waals surface area contributed by atoms with Crippen molar-refractivity contribution in [1.29, 1.82) is 0 Å². The molecule has 0 spiro atoms. The zero-order chi connectivity index (χ0) is 18.4. The third-order valence-electron chi connectivity index (χ3n) is 3.28. The van der Waals surface area contributed by atoms with E-state index >= 15 is 0 Å². The molecular weight excluding hydrogens is 357 g/mol. The first kappa shape index (κ1) is 18.8. The van der Waals surface area contributed by atoms with Crippen molar-refractivity contribution in [3.05, 3.63) is 64.7 Å². The van der Waals surface area contributed by atoms with Gasteiger partial charge >= 0.3 is 12.1 Å². The van der Waals surface area contributed by atoms with Crippen LogP contribution in [0.3, 0.4) is 0 Å². The zero-order valence-electron chi connectivity index (χ0n) is 12.9. The highest BCUT2D eigenvalue weighted by Crippen LogP contribution is 2.21. The van der Waals surface area contributed by atoms with Crippen LogP contribution in [0.25, 0.3) is 0 Å². The Balaban J connectivity index is 1.97. The van der Waals surface area contributed by atoms with Gasteiger partial charge in [0.05, 0.1) is 6.42 Å². The maximum atomic E-state index is 12.4. The molecule has 0 aliphatic carbocycles. The molecule has 0 aliphatic heterocycles. The first-order valence-corrected chi connectivity index (χ1v) is 7.61. The number of para-hydroxylation sites is 1. The van der Waals surface area contributed by atoms with Gasteiger partial charge in [-0.05, 0) is 29.3 Å². The minimum absolute atomic E-state index is 0.00313. The van der Waals surface area contributed by atoms with Crippen molar-refractivity contribution < 1.29 is 22.8 Å². The van der Waals surface area contributed by atoms with E-state index in [1.807, 2.05) is 0 Å². The van der Waals surface area contributed by atoms with Gasteiger partial charge in [0.15, 0.2) is 0 Å². The van der Waals surface area contributed by atoms with Gasteiger partial charge in [-0.3, -0.25) is 9.59 Å². The van der Waals surface area contributed by atoms with Crippen LogP contribution >= 0.6 is 11.6 Å². The van der Waals surface area contributed by atoms with Gasteiger partial charge in [0.2, 0.25) is 5.91 Å². The van der Waals surface area contributed by atoms with E-state index in [1.165, 1.54) is 18.2 Å². The Labute approximate surface area is 147 Å². The number of anilines is 1. The molecule has 4 nitrogen and oxygen atoms in total. The van der Waals surface area contributed by atoms with Crippen LogP contribution < -0.4 is 10.6 Å². The lowest BCUT2D eigenvalue weighted by Gasteiger charge is -2.13. The van der Waals surface area contributed by atoms with E-state index in [-0.39, 0.29) is 24.6 Å². The molecule has 0 aliphatic rings. The fourth-order valence-electron chi connectivity index (χ4n) is 2.03. The summed E-state index contributed by atoms with van der Waals surface area (Å²) in [7, 11) is 0. The van der Waals surface area contributed by atoms with E-state index < -0.39 is 12.1 Å². The molecule has 2 amide bonds. The van der Waals surface area contributed by atoms with Gasteiger partial charge in [0.25, 0.3) is 0 Å². The van der Waals surface area contributed by atoms with Gasteiger partial charge in [0, 0.05) is 17.3 Å². The normalized spacial score (nSPS) is 11.0. The van der Waals surface area contributed by atoms with E-state index in [9.17, 15) is 22.8 Å². The van der Waals surface area contributed by atoms with Gasteiger partial charge < -0.3 is 10.6 Å². The molecule has 0 saturated carbocycles. The third-order valence-corrected chi connectivity index (χ3v) is 3.53. The van der Waals surface area contributed by atoms with Gasteiger partial charge in [-0.1, -0.05) is 41.9 Å². The molecule has 0 fully saturated rings. The van der Waals surface area contributed by atoms with Gasteiger partial charge in [-0.25, -0.2) is 0 Å². The van der Waals surface area contributed by atoms with Crippen molar-refractivity contribution in [2.24, 2.45) is 0 Å². The van der Waals surface area contributed by atoms with E-state index in [1.54, 1.807) is 35.6 Å². The van der Waals surface area contributed by atoms with Crippen LogP contribution in [0.2, 0.25) is 5.02 Å². The average Bonchev–Trinajstić information content (AvgIpc) is 2.55. The second kappa shape index (κ2) is 8.02. The number of halogens is 4. The summed E-state index contributed by atoms with van der Waals surface area (Å²) < 4.78 is 37.1. The summed E-state index contributed by atoms with van der Waals surface area (Å²) in [6.45, 7) is -0.0132. The van der Waals surface area contributed by atoms with Gasteiger partial charge in [0.1, 0.15) is 0 Å². The number of benzene rings is 2. The molecule has 8 heteroatoms. The minimum Gasteiger partial charge on any atom is -0.352 e. The number of rotatable bonds is 5. The van der Waals surface area contributed by atoms with Gasteiger partial charge in [-0.15, -0.1) is 0 Å². The highest BCUT2D eigenvalue weighted by molar-refractivity contribution is 6.30. The van der Waals surface area contributed by atoms with Crippen LogP contribution in [-0.2, 0) is 22.6 Å². The summed E-state index contributed by atoms with van der Waals surface area (Å²) in [4.78, 5) is 23.0. The number of hydrogen-bond donors (Lipinski definition) is 2. The predicted octanol–water partition coefficient (Wildman–Crippen LogP) is 3.70. The van der Waals surface area contributed by atoms with Crippen LogP contribution in [0.1, 0.15) is 11.1 Å². The van der Waals surface area contributed by atoms with Crippen molar-refractivity contribution in [3.63, 3.8) is 0 Å². The summed E-state index contributed by atoms with van der Waals surface area (Å²) in [6.07, 6.45) is -4.88. The molecule has 2 aromatic carbocycles. The Kier molecular flexibility index (Phi) is 6.03. The molecule has 132 valence electrons. The van der Waals surface area contributed by atoms with Crippen LogP contribution in [0.15, 0.2) is 48.5 Å². The Morgan fingerprint density at radius 3 is 2.28 bits per heavy atom. The first-order chi connectivity index (χ1) is 11.8. The molecule has 0 aromatic heterocycles. The van der Waals surface area contributed by atoms with Crippen LogP contribution in [0, 0.1) is 0 Å². The molecular formula is C17H14ClF3N2O2. The third kappa shape index (κ3) is 5.79. The molecule has 0 bridgehead atoms. The van der Waals surface area contributed by atoms with Crippen molar-refractivity contribution in [3.8, 4) is 0 Å². The number of carbonyl (C=O) groups is 2. The van der Waals surface area contributed by atoms with Crippen LogP contribution in [-0.4, -0.2) is 18.0 Å². The molecule has 25 heavy (non-hydrogen) atoms. The maximum absolute atomic E-state index is 12.4. The average molecular weight is 371 g/mol. The second-order valence-electron chi connectivity index (χ2n) is 5.19. The van der Waals surface area contributed by atoms with Crippen molar-refractivity contribution in [2.75, 3.05) is 5.32 Å². The van der Waals surface area contributed by atoms with Crippen molar-refractivity contribution >= 4 is 29.1 Å². The first-order valence-electron chi connectivity index (χ1n) is 7.23. The summed E-state index contributed by atoms with van der Waals surface area (Å²) in [5.41, 5.74) is 1.11. The Morgan fingerprint density at radius 2 is 1.64 bits per heavy atom. The lowest BCUT2D eigenvalue weighted by molar-refractivity contribution is -0.167. The SMILES string of the molecule is O=C(Cc1ccc(Cl)cc1)NCc1ccccc1NC(=O)C(F)(F)F. The lowest BCUT2D eigenvalue weighted by Crippen LogP contribution is -2.31. The lowest BCUT2D eigenvalue weighted by atomic mass is 10.1. The number of alkyl halides is 3. The highest BCUT2D eigenvalue weighted by atomic mass is 35.5. The van der Waals surface area contributed by atoms with Crippen LogP contribution in [0.5, 0.6) is 0 Å². The summed E-state index contributed by atoms with van der Waals surface area (Å²) in [6, 6.07) is 12.7. The molecule has 0 radical (unpaired) electrons. The Hall–Kier alpha value is -2.54. The largest absolute Gasteiger partial charge is 0.471 e. The molecule has 2 aromatic rings. The topological polar surface area (TPSA) is 58.2 Å². The fraction of sp³-hybridized carbons (Fsp3) is 0.176. The van der Waals surface area contributed by atoms with Crippen molar-refractivity contribution in [1.82, 2.24) is 5.32 Å². The van der Waals surface area contributed by atoms with Crippen molar-refractivity contribution in [2.45, 2.75) is 19.1 Å². The number of nitrogens with one attached hydrogen (secondary N) is 2. The molecule has 0 heterocycles. The molecule has 2 N–H and O–H groups in total. The fourth-order valence-corrected chi connectivity index (χ4v) is 2.16. The second-order valence-corrected chi connectivity index (χ2v) is 5.63. The summed E-state index contributed by atoms with van der Waals surface area (Å²) in [5.74, 6) is -2.37. The number of carbonyl (C=O) groups excluding carboxylic acids is 2. The molecule has 0 saturated heterocycles. The predicted molar refractivity (Wildman–Crippen MR) is 88.1 cm³/mol.